The maximum atomic E-state index is 6.10. The topological polar surface area (TPSA) is 65.6 Å². The molecule has 5 nitrogen and oxygen atoms in total. The number of benzene rings is 1. The monoisotopic (exact) mass is 365 g/mol. The van der Waals surface area contributed by atoms with Gasteiger partial charge in [0, 0.05) is 19.2 Å². The van der Waals surface area contributed by atoms with Crippen molar-refractivity contribution in [2.45, 2.75) is 6.42 Å². The van der Waals surface area contributed by atoms with Crippen molar-refractivity contribution in [2.24, 2.45) is 0 Å². The van der Waals surface area contributed by atoms with E-state index in [2.05, 4.69) is 25.6 Å². The van der Waals surface area contributed by atoms with Crippen LogP contribution in [0.5, 0.6) is 0 Å². The fourth-order valence-electron chi connectivity index (χ4n) is 2.09. The maximum absolute atomic E-state index is 6.10. The maximum Gasteiger partial charge on any atom is 0.207 e. The Morgan fingerprint density at radius 1 is 1.22 bits per heavy atom. The third-order valence-electron chi connectivity index (χ3n) is 3.18. The molecule has 3 rings (SSSR count). The summed E-state index contributed by atoms with van der Waals surface area (Å²) >= 11 is 17.3. The van der Waals surface area contributed by atoms with Gasteiger partial charge in [0.1, 0.15) is 0 Å². The Labute approximate surface area is 148 Å². The van der Waals surface area contributed by atoms with Crippen LogP contribution in [0.3, 0.4) is 0 Å². The number of aromatic amines is 1. The van der Waals surface area contributed by atoms with E-state index < -0.39 is 0 Å². The Morgan fingerprint density at radius 3 is 2.87 bits per heavy atom. The van der Waals surface area contributed by atoms with Gasteiger partial charge in [-0.1, -0.05) is 35.3 Å². The largest absolute Gasteiger partial charge is 0.362 e. The lowest BCUT2D eigenvalue weighted by Gasteiger charge is -2.09. The van der Waals surface area contributed by atoms with E-state index in [0.717, 1.165) is 16.7 Å². The third kappa shape index (κ3) is 3.90. The molecule has 23 heavy (non-hydrogen) atoms. The molecule has 0 aliphatic rings. The quantitative estimate of drug-likeness (QED) is 0.613. The highest BCUT2D eigenvalue weighted by atomic mass is 35.5. The van der Waals surface area contributed by atoms with Crippen molar-refractivity contribution >= 4 is 57.5 Å². The first-order valence-electron chi connectivity index (χ1n) is 6.92. The number of thiocarbonyl (C=S) groups is 1. The van der Waals surface area contributed by atoms with Crippen LogP contribution in [0.4, 0.5) is 5.95 Å². The van der Waals surface area contributed by atoms with E-state index in [9.17, 15) is 0 Å². The molecule has 1 aromatic carbocycles. The Morgan fingerprint density at radius 2 is 2.04 bits per heavy atom. The summed E-state index contributed by atoms with van der Waals surface area (Å²) in [5, 5.41) is 7.56. The molecule has 0 spiro atoms. The first kappa shape index (κ1) is 16.0. The highest BCUT2D eigenvalue weighted by molar-refractivity contribution is 7.80. The van der Waals surface area contributed by atoms with Gasteiger partial charge in [-0.25, -0.2) is 4.98 Å². The first-order valence-corrected chi connectivity index (χ1v) is 8.08. The second-order valence-electron chi connectivity index (χ2n) is 4.79. The number of nitrogens with zero attached hydrogens (tertiary/aromatic N) is 2. The Hall–Kier alpha value is -1.89. The van der Waals surface area contributed by atoms with E-state index in [1.54, 1.807) is 12.3 Å². The number of imidazole rings is 1. The zero-order valence-corrected chi connectivity index (χ0v) is 14.3. The van der Waals surface area contributed by atoms with Crippen LogP contribution in [0.25, 0.3) is 11.0 Å². The molecule has 0 aliphatic heterocycles. The molecule has 8 heteroatoms. The van der Waals surface area contributed by atoms with E-state index in [1.165, 1.54) is 0 Å². The van der Waals surface area contributed by atoms with Gasteiger partial charge in [0.05, 0.1) is 26.8 Å². The van der Waals surface area contributed by atoms with Gasteiger partial charge in [0.15, 0.2) is 5.11 Å². The zero-order valence-electron chi connectivity index (χ0n) is 11.9. The van der Waals surface area contributed by atoms with Gasteiger partial charge in [0.2, 0.25) is 5.95 Å². The Balaban J connectivity index is 1.54. The van der Waals surface area contributed by atoms with E-state index >= 15 is 0 Å². The predicted octanol–water partition coefficient (Wildman–Crippen LogP) is 3.79. The van der Waals surface area contributed by atoms with Crippen molar-refractivity contribution in [3.63, 3.8) is 0 Å². The molecule has 0 unspecified atom stereocenters. The first-order chi connectivity index (χ1) is 11.1. The molecule has 3 N–H and O–H groups in total. The summed E-state index contributed by atoms with van der Waals surface area (Å²) in [6.45, 7) is 0.582. The number of halogens is 2. The summed E-state index contributed by atoms with van der Waals surface area (Å²) in [4.78, 5) is 11.8. The SMILES string of the molecule is S=C(NCCc1nccc(Cl)c1Cl)Nc1nc2ccccc2[nH]1. The van der Waals surface area contributed by atoms with E-state index in [-0.39, 0.29) is 0 Å². The zero-order chi connectivity index (χ0) is 16.2. The van der Waals surface area contributed by atoms with Crippen molar-refractivity contribution in [3.8, 4) is 0 Å². The van der Waals surface area contributed by atoms with Gasteiger partial charge in [-0.05, 0) is 30.4 Å². The highest BCUT2D eigenvalue weighted by Crippen LogP contribution is 2.23. The Kier molecular flexibility index (Phi) is 4.95. The van der Waals surface area contributed by atoms with Gasteiger partial charge >= 0.3 is 0 Å². The van der Waals surface area contributed by atoms with Gasteiger partial charge < -0.3 is 15.6 Å². The highest BCUT2D eigenvalue weighted by Gasteiger charge is 2.07. The molecule has 0 bridgehead atoms. The molecular weight excluding hydrogens is 353 g/mol. The predicted molar refractivity (Wildman–Crippen MR) is 98.3 cm³/mol. The summed E-state index contributed by atoms with van der Waals surface area (Å²) in [6.07, 6.45) is 2.25. The molecule has 0 fully saturated rings. The lowest BCUT2D eigenvalue weighted by Crippen LogP contribution is -2.30. The summed E-state index contributed by atoms with van der Waals surface area (Å²) < 4.78 is 0. The molecule has 118 valence electrons. The van der Waals surface area contributed by atoms with Crippen molar-refractivity contribution in [1.29, 1.82) is 0 Å². The van der Waals surface area contributed by atoms with Crippen LogP contribution in [-0.2, 0) is 6.42 Å². The minimum Gasteiger partial charge on any atom is -0.362 e. The van der Waals surface area contributed by atoms with Gasteiger partial charge in [-0.3, -0.25) is 4.98 Å². The number of aromatic nitrogens is 3. The van der Waals surface area contributed by atoms with Crippen LogP contribution in [0.2, 0.25) is 10.0 Å². The van der Waals surface area contributed by atoms with Gasteiger partial charge in [-0.2, -0.15) is 0 Å². The number of para-hydroxylation sites is 2. The number of nitrogens with one attached hydrogen (secondary N) is 3. The molecule has 0 saturated carbocycles. The molecule has 2 aromatic heterocycles. The molecule has 3 aromatic rings. The average molecular weight is 366 g/mol. The van der Waals surface area contributed by atoms with Crippen LogP contribution >= 0.6 is 35.4 Å². The normalized spacial score (nSPS) is 10.7. The summed E-state index contributed by atoms with van der Waals surface area (Å²) in [7, 11) is 0. The summed E-state index contributed by atoms with van der Waals surface area (Å²) in [5.74, 6) is 0.600. The number of rotatable bonds is 4. The smallest absolute Gasteiger partial charge is 0.207 e. The molecule has 2 heterocycles. The molecule has 0 amide bonds. The standard InChI is InChI=1S/C15H13Cl2N5S/c16-9-5-7-18-12(13(9)17)6-8-19-15(23)22-14-20-10-3-1-2-4-11(10)21-14/h1-5,7H,6,8H2,(H3,19,20,21,22,23). The Bertz CT molecular complexity index is 816. The average Bonchev–Trinajstić information content (AvgIpc) is 2.93. The second-order valence-corrected chi connectivity index (χ2v) is 5.98. The van der Waals surface area contributed by atoms with Crippen molar-refractivity contribution < 1.29 is 0 Å². The molecule has 0 aliphatic carbocycles. The fourth-order valence-corrected chi connectivity index (χ4v) is 2.66. The van der Waals surface area contributed by atoms with Crippen molar-refractivity contribution in [2.75, 3.05) is 11.9 Å². The number of hydrogen-bond acceptors (Lipinski definition) is 3. The van der Waals surface area contributed by atoms with E-state index in [1.807, 2.05) is 24.3 Å². The lowest BCUT2D eigenvalue weighted by molar-refractivity contribution is 0.847. The van der Waals surface area contributed by atoms with Gasteiger partial charge in [-0.15, -0.1) is 0 Å². The van der Waals surface area contributed by atoms with Crippen LogP contribution in [0.15, 0.2) is 36.5 Å². The number of anilines is 1. The van der Waals surface area contributed by atoms with Crippen molar-refractivity contribution in [1.82, 2.24) is 20.3 Å². The minimum atomic E-state index is 0.474. The van der Waals surface area contributed by atoms with Crippen LogP contribution < -0.4 is 10.6 Å². The van der Waals surface area contributed by atoms with E-state index in [0.29, 0.717) is 34.1 Å². The van der Waals surface area contributed by atoms with Gasteiger partial charge in [0.25, 0.3) is 0 Å². The molecule has 0 atom stereocenters. The third-order valence-corrected chi connectivity index (χ3v) is 4.26. The second kappa shape index (κ2) is 7.12. The number of pyridine rings is 1. The van der Waals surface area contributed by atoms with Crippen LogP contribution in [0.1, 0.15) is 5.69 Å². The number of hydrogen-bond donors (Lipinski definition) is 3. The molecular formula is C15H13Cl2N5S. The van der Waals surface area contributed by atoms with Crippen LogP contribution in [0, 0.1) is 0 Å². The number of H-pyrrole nitrogens is 1. The summed E-state index contributed by atoms with van der Waals surface area (Å²) in [6, 6.07) is 9.43. The lowest BCUT2D eigenvalue weighted by atomic mass is 10.2. The minimum absolute atomic E-state index is 0.474. The van der Waals surface area contributed by atoms with Crippen molar-refractivity contribution in [3.05, 3.63) is 52.3 Å². The molecule has 0 saturated heterocycles. The summed E-state index contributed by atoms with van der Waals surface area (Å²) in [5.41, 5.74) is 2.57. The van der Waals surface area contributed by atoms with Crippen LogP contribution in [-0.4, -0.2) is 26.6 Å². The fraction of sp³-hybridized carbons (Fsp3) is 0.133. The van der Waals surface area contributed by atoms with E-state index in [4.69, 9.17) is 35.4 Å². The molecule has 0 radical (unpaired) electrons. The number of fused-ring (bicyclic) bond motifs is 1.